The quantitative estimate of drug-likeness (QED) is 0.706. The molecule has 1 aliphatic heterocycles. The molecule has 2 heterocycles. The van der Waals surface area contributed by atoms with Gasteiger partial charge in [0.2, 0.25) is 5.96 Å². The van der Waals surface area contributed by atoms with Crippen molar-refractivity contribution in [3.63, 3.8) is 0 Å². The van der Waals surface area contributed by atoms with Gasteiger partial charge in [-0.15, -0.1) is 0 Å². The summed E-state index contributed by atoms with van der Waals surface area (Å²) in [6.07, 6.45) is 8.24. The fraction of sp³-hybridized carbons (Fsp3) is 0.500. The molecule has 1 aliphatic rings. The molecule has 5 heteroatoms. The summed E-state index contributed by atoms with van der Waals surface area (Å²) in [5, 5.41) is 13.6. The number of aliphatic imine (C=N–C) groups is 2. The first-order valence-corrected chi connectivity index (χ1v) is 10.1. The van der Waals surface area contributed by atoms with E-state index in [4.69, 9.17) is 10.1 Å². The molecule has 1 atom stereocenters. The van der Waals surface area contributed by atoms with Crippen molar-refractivity contribution >= 4 is 22.6 Å². The van der Waals surface area contributed by atoms with E-state index in [2.05, 4.69) is 34.3 Å². The first-order chi connectivity index (χ1) is 13.3. The Bertz CT molecular complexity index is 800. The summed E-state index contributed by atoms with van der Waals surface area (Å²) in [5.41, 5.74) is 3.14. The number of pyridine rings is 1. The van der Waals surface area contributed by atoms with E-state index in [1.54, 1.807) is 0 Å². The van der Waals surface area contributed by atoms with E-state index in [9.17, 15) is 0 Å². The van der Waals surface area contributed by atoms with Crippen molar-refractivity contribution in [1.82, 2.24) is 10.3 Å². The molecule has 0 radical (unpaired) electrons. The third-order valence-electron chi connectivity index (χ3n) is 5.08. The van der Waals surface area contributed by atoms with E-state index in [0.717, 1.165) is 66.9 Å². The molecular formula is C22H30N4O. The lowest BCUT2D eigenvalue weighted by Crippen LogP contribution is -2.28. The molecule has 0 bridgehead atoms. The van der Waals surface area contributed by atoms with E-state index in [-0.39, 0.29) is 6.61 Å². The smallest absolute Gasteiger partial charge is 0.218 e. The highest BCUT2D eigenvalue weighted by molar-refractivity contribution is 6.09. The number of nitrogens with one attached hydrogen (secondary N) is 1. The van der Waals surface area contributed by atoms with Crippen molar-refractivity contribution in [1.29, 1.82) is 0 Å². The van der Waals surface area contributed by atoms with Crippen molar-refractivity contribution in [2.75, 3.05) is 19.7 Å². The van der Waals surface area contributed by atoms with E-state index in [0.29, 0.717) is 5.92 Å². The molecule has 1 unspecified atom stereocenters. The molecule has 0 saturated heterocycles. The molecule has 5 nitrogen and oxygen atoms in total. The van der Waals surface area contributed by atoms with E-state index in [1.165, 1.54) is 12.8 Å². The van der Waals surface area contributed by atoms with Crippen molar-refractivity contribution in [3.05, 3.63) is 42.1 Å². The largest absolute Gasteiger partial charge is 0.396 e. The van der Waals surface area contributed by atoms with Crippen LogP contribution < -0.4 is 5.32 Å². The number of benzene rings is 1. The number of fused-ring (bicyclic) bond motifs is 1. The lowest BCUT2D eigenvalue weighted by molar-refractivity contribution is 0.265. The van der Waals surface area contributed by atoms with Crippen molar-refractivity contribution < 1.29 is 5.11 Å². The van der Waals surface area contributed by atoms with Crippen LogP contribution >= 0.6 is 0 Å². The van der Waals surface area contributed by atoms with Crippen LogP contribution in [0.15, 0.2) is 46.5 Å². The molecule has 0 aliphatic carbocycles. The van der Waals surface area contributed by atoms with Gasteiger partial charge in [-0.3, -0.25) is 9.98 Å². The van der Waals surface area contributed by atoms with Gasteiger partial charge in [-0.1, -0.05) is 38.0 Å². The van der Waals surface area contributed by atoms with Crippen molar-refractivity contribution in [2.24, 2.45) is 15.9 Å². The SMILES string of the molecule is CCCC(CCCO)CCNC1=NCCC(c2cnc3ccccc3c2)=N1. The number of aromatic nitrogens is 1. The van der Waals surface area contributed by atoms with Crippen molar-refractivity contribution in [2.45, 2.75) is 45.4 Å². The summed E-state index contributed by atoms with van der Waals surface area (Å²) in [6, 6.07) is 10.3. The zero-order chi connectivity index (χ0) is 18.9. The van der Waals surface area contributed by atoms with Crippen LogP contribution in [0.3, 0.4) is 0 Å². The second kappa shape index (κ2) is 10.2. The van der Waals surface area contributed by atoms with Crippen LogP contribution in [-0.2, 0) is 0 Å². The highest BCUT2D eigenvalue weighted by atomic mass is 16.2. The average Bonchev–Trinajstić information content (AvgIpc) is 2.72. The Hall–Kier alpha value is -2.27. The molecule has 0 spiro atoms. The average molecular weight is 367 g/mol. The van der Waals surface area contributed by atoms with E-state index in [1.807, 2.05) is 24.4 Å². The van der Waals surface area contributed by atoms with Crippen LogP contribution in [0, 0.1) is 5.92 Å². The Balaban J connectivity index is 1.60. The Labute approximate surface area is 161 Å². The van der Waals surface area contributed by atoms with Crippen LogP contribution in [0.5, 0.6) is 0 Å². The molecule has 0 fully saturated rings. The number of guanidine groups is 1. The van der Waals surface area contributed by atoms with Crippen LogP contribution in [0.2, 0.25) is 0 Å². The van der Waals surface area contributed by atoms with Crippen LogP contribution in [0.4, 0.5) is 0 Å². The van der Waals surface area contributed by atoms with Gasteiger partial charge in [-0.25, -0.2) is 4.99 Å². The van der Waals surface area contributed by atoms with Gasteiger partial charge in [0, 0.05) is 43.3 Å². The number of aliphatic hydroxyl groups excluding tert-OH is 1. The maximum atomic E-state index is 9.06. The predicted octanol–water partition coefficient (Wildman–Crippen LogP) is 3.95. The van der Waals surface area contributed by atoms with E-state index < -0.39 is 0 Å². The fourth-order valence-corrected chi connectivity index (χ4v) is 3.63. The minimum absolute atomic E-state index is 0.286. The minimum Gasteiger partial charge on any atom is -0.396 e. The number of para-hydroxylation sites is 1. The Kier molecular flexibility index (Phi) is 7.34. The lowest BCUT2D eigenvalue weighted by atomic mass is 9.95. The Morgan fingerprint density at radius 3 is 2.93 bits per heavy atom. The van der Waals surface area contributed by atoms with Crippen LogP contribution in [0.1, 0.15) is 51.0 Å². The molecule has 3 rings (SSSR count). The van der Waals surface area contributed by atoms with Gasteiger partial charge in [0.1, 0.15) is 0 Å². The first-order valence-electron chi connectivity index (χ1n) is 10.1. The monoisotopic (exact) mass is 366 g/mol. The number of hydrogen-bond donors (Lipinski definition) is 2. The zero-order valence-electron chi connectivity index (χ0n) is 16.2. The predicted molar refractivity (Wildman–Crippen MR) is 113 cm³/mol. The molecule has 1 aromatic carbocycles. The molecule has 0 saturated carbocycles. The topological polar surface area (TPSA) is 69.9 Å². The summed E-state index contributed by atoms with van der Waals surface area (Å²) >= 11 is 0. The van der Waals surface area contributed by atoms with Gasteiger partial charge in [0.05, 0.1) is 11.2 Å². The molecule has 1 aromatic heterocycles. The third-order valence-corrected chi connectivity index (χ3v) is 5.08. The standard InChI is InChI=1S/C22H30N4O/c1-2-6-17(7-5-14-27)10-12-23-22-24-13-11-21(26-22)19-15-18-8-3-4-9-20(18)25-16-19/h3-4,8-9,15-17,27H,2,5-7,10-14H2,1H3,(H,23,24). The number of hydrogen-bond acceptors (Lipinski definition) is 5. The first kappa shape index (κ1) is 19.5. The van der Waals surface area contributed by atoms with Gasteiger partial charge in [-0.05, 0) is 37.3 Å². The molecule has 144 valence electrons. The highest BCUT2D eigenvalue weighted by Gasteiger charge is 2.13. The number of nitrogens with zero attached hydrogens (tertiary/aromatic N) is 3. The molecular weight excluding hydrogens is 336 g/mol. The lowest BCUT2D eigenvalue weighted by Gasteiger charge is -2.18. The zero-order valence-corrected chi connectivity index (χ0v) is 16.2. The normalized spacial score (nSPS) is 15.3. The minimum atomic E-state index is 0.286. The highest BCUT2D eigenvalue weighted by Crippen LogP contribution is 2.18. The molecule has 0 amide bonds. The van der Waals surface area contributed by atoms with Gasteiger partial charge >= 0.3 is 0 Å². The summed E-state index contributed by atoms with van der Waals surface area (Å²) in [7, 11) is 0. The van der Waals surface area contributed by atoms with Gasteiger partial charge < -0.3 is 10.4 Å². The van der Waals surface area contributed by atoms with Crippen molar-refractivity contribution in [3.8, 4) is 0 Å². The Morgan fingerprint density at radius 2 is 2.07 bits per heavy atom. The molecule has 27 heavy (non-hydrogen) atoms. The maximum Gasteiger partial charge on any atom is 0.218 e. The fourth-order valence-electron chi connectivity index (χ4n) is 3.63. The number of rotatable bonds is 9. The maximum absolute atomic E-state index is 9.06. The van der Waals surface area contributed by atoms with Crippen LogP contribution in [-0.4, -0.2) is 41.5 Å². The second-order valence-corrected chi connectivity index (χ2v) is 7.17. The Morgan fingerprint density at radius 1 is 1.19 bits per heavy atom. The molecule has 2 aromatic rings. The summed E-state index contributed by atoms with van der Waals surface area (Å²) in [6.45, 7) is 4.14. The van der Waals surface area contributed by atoms with Gasteiger partial charge in [0.15, 0.2) is 0 Å². The van der Waals surface area contributed by atoms with Gasteiger partial charge in [-0.2, -0.15) is 0 Å². The summed E-state index contributed by atoms with van der Waals surface area (Å²) in [5.74, 6) is 1.40. The summed E-state index contributed by atoms with van der Waals surface area (Å²) < 4.78 is 0. The summed E-state index contributed by atoms with van der Waals surface area (Å²) in [4.78, 5) is 13.8. The third kappa shape index (κ3) is 5.60. The number of aliphatic hydroxyl groups is 1. The van der Waals surface area contributed by atoms with Crippen LogP contribution in [0.25, 0.3) is 10.9 Å². The molecule has 2 N–H and O–H groups in total. The van der Waals surface area contributed by atoms with E-state index >= 15 is 0 Å². The second-order valence-electron chi connectivity index (χ2n) is 7.17. The van der Waals surface area contributed by atoms with Gasteiger partial charge in [0.25, 0.3) is 0 Å².